The van der Waals surface area contributed by atoms with Gasteiger partial charge in [0.1, 0.15) is 6.04 Å². The lowest BCUT2D eigenvalue weighted by atomic mass is 10.0. The molecule has 7 nitrogen and oxygen atoms in total. The van der Waals surface area contributed by atoms with Crippen molar-refractivity contribution in [1.82, 2.24) is 16.0 Å². The van der Waals surface area contributed by atoms with Crippen LogP contribution in [0, 0.1) is 0 Å². The van der Waals surface area contributed by atoms with Crippen molar-refractivity contribution in [3.8, 4) is 0 Å². The summed E-state index contributed by atoms with van der Waals surface area (Å²) in [4.78, 5) is 25.3. The summed E-state index contributed by atoms with van der Waals surface area (Å²) in [6.45, 7) is 3.25. The summed E-state index contributed by atoms with van der Waals surface area (Å²) in [5.41, 5.74) is 7.72. The normalized spacial score (nSPS) is 11.8. The Morgan fingerprint density at radius 3 is 2.47 bits per heavy atom. The van der Waals surface area contributed by atoms with Crippen molar-refractivity contribution >= 4 is 22.6 Å². The molecule has 0 heterocycles. The molecule has 192 valence electrons. The summed E-state index contributed by atoms with van der Waals surface area (Å²) >= 11 is 0. The Balaban J connectivity index is 1.39. The van der Waals surface area contributed by atoms with Gasteiger partial charge in [0.25, 0.3) is 0 Å². The largest absolute Gasteiger partial charge is 0.378 e. The predicted octanol–water partition coefficient (Wildman–Crippen LogP) is 2.57. The fourth-order valence-corrected chi connectivity index (χ4v) is 4.11. The molecule has 0 radical (unpaired) electrons. The number of hydrogen-bond donors (Lipinski definition) is 4. The zero-order valence-electron chi connectivity index (χ0n) is 20.9. The van der Waals surface area contributed by atoms with Crippen LogP contribution in [0.2, 0.25) is 0 Å². The number of ether oxygens (including phenoxy) is 1. The molecule has 0 aliphatic carbocycles. The summed E-state index contributed by atoms with van der Waals surface area (Å²) in [5, 5.41) is 11.7. The molecule has 0 saturated heterocycles. The first-order valence-electron chi connectivity index (χ1n) is 12.7. The van der Waals surface area contributed by atoms with Crippen LogP contribution in [-0.4, -0.2) is 57.2 Å². The number of rotatable bonds is 16. The molecule has 0 aliphatic rings. The van der Waals surface area contributed by atoms with Crippen molar-refractivity contribution in [1.29, 1.82) is 0 Å². The van der Waals surface area contributed by atoms with Crippen LogP contribution in [0.25, 0.3) is 10.8 Å². The maximum Gasteiger partial charge on any atom is 0.243 e. The highest BCUT2D eigenvalue weighted by Gasteiger charge is 2.20. The first kappa shape index (κ1) is 27.3. The molecule has 0 bridgehead atoms. The molecular weight excluding hydrogens is 452 g/mol. The lowest BCUT2D eigenvalue weighted by molar-refractivity contribution is -0.129. The van der Waals surface area contributed by atoms with Gasteiger partial charge in [0.15, 0.2) is 0 Å². The van der Waals surface area contributed by atoms with E-state index in [-0.39, 0.29) is 11.8 Å². The van der Waals surface area contributed by atoms with Crippen LogP contribution in [0.5, 0.6) is 0 Å². The molecule has 0 spiro atoms. The minimum atomic E-state index is -0.631. The van der Waals surface area contributed by atoms with E-state index in [2.05, 4.69) is 58.4 Å². The van der Waals surface area contributed by atoms with Gasteiger partial charge in [0.05, 0.1) is 13.2 Å². The molecule has 3 aromatic rings. The third-order valence-corrected chi connectivity index (χ3v) is 5.95. The molecule has 3 rings (SSSR count). The Labute approximate surface area is 213 Å². The molecule has 0 unspecified atom stereocenters. The van der Waals surface area contributed by atoms with Gasteiger partial charge in [-0.1, -0.05) is 72.8 Å². The van der Waals surface area contributed by atoms with Gasteiger partial charge in [-0.3, -0.25) is 9.59 Å². The maximum absolute atomic E-state index is 12.7. The van der Waals surface area contributed by atoms with Crippen LogP contribution < -0.4 is 21.7 Å². The fraction of sp³-hybridized carbons (Fsp3) is 0.379. The highest BCUT2D eigenvalue weighted by molar-refractivity contribution is 5.88. The third-order valence-electron chi connectivity index (χ3n) is 5.95. The zero-order valence-corrected chi connectivity index (χ0v) is 20.9. The maximum atomic E-state index is 12.7. The predicted molar refractivity (Wildman–Crippen MR) is 145 cm³/mol. The van der Waals surface area contributed by atoms with Crippen molar-refractivity contribution in [3.05, 3.63) is 83.9 Å². The van der Waals surface area contributed by atoms with Gasteiger partial charge in [-0.15, -0.1) is 0 Å². The molecule has 0 aliphatic heterocycles. The van der Waals surface area contributed by atoms with Crippen LogP contribution in [0.4, 0.5) is 0 Å². The van der Waals surface area contributed by atoms with E-state index in [0.29, 0.717) is 45.6 Å². The molecule has 0 saturated carbocycles. The van der Waals surface area contributed by atoms with E-state index in [0.717, 1.165) is 25.1 Å². The number of benzene rings is 3. The van der Waals surface area contributed by atoms with Crippen molar-refractivity contribution in [3.63, 3.8) is 0 Å². The van der Waals surface area contributed by atoms with E-state index in [9.17, 15) is 9.59 Å². The van der Waals surface area contributed by atoms with Gasteiger partial charge < -0.3 is 26.4 Å². The molecule has 0 aromatic heterocycles. The summed E-state index contributed by atoms with van der Waals surface area (Å²) < 4.78 is 5.31. The van der Waals surface area contributed by atoms with E-state index in [4.69, 9.17) is 10.5 Å². The van der Waals surface area contributed by atoms with Gasteiger partial charge >= 0.3 is 0 Å². The summed E-state index contributed by atoms with van der Waals surface area (Å²) in [6, 6.07) is 23.9. The van der Waals surface area contributed by atoms with Gasteiger partial charge in [0.2, 0.25) is 11.8 Å². The first-order valence-corrected chi connectivity index (χ1v) is 12.7. The summed E-state index contributed by atoms with van der Waals surface area (Å²) in [7, 11) is 0. The smallest absolute Gasteiger partial charge is 0.243 e. The number of carbonyl (C=O) groups is 2. The second kappa shape index (κ2) is 15.7. The van der Waals surface area contributed by atoms with Crippen LogP contribution in [0.3, 0.4) is 0 Å². The highest BCUT2D eigenvalue weighted by Crippen LogP contribution is 2.18. The van der Waals surface area contributed by atoms with E-state index in [1.807, 2.05) is 30.3 Å². The number of nitrogens with two attached hydrogens (primary N) is 1. The number of fused-ring (bicyclic) bond motifs is 1. The molecule has 3 aromatic carbocycles. The molecule has 5 N–H and O–H groups in total. The second-order valence-electron chi connectivity index (χ2n) is 8.74. The highest BCUT2D eigenvalue weighted by atomic mass is 16.5. The number of carbonyl (C=O) groups excluding carboxylic acids is 2. The van der Waals surface area contributed by atoms with Gasteiger partial charge in [-0.25, -0.2) is 0 Å². The van der Waals surface area contributed by atoms with Crippen LogP contribution >= 0.6 is 0 Å². The quantitative estimate of drug-likeness (QED) is 0.231. The van der Waals surface area contributed by atoms with E-state index in [1.165, 1.54) is 16.3 Å². The molecule has 0 fully saturated rings. The Morgan fingerprint density at radius 2 is 1.64 bits per heavy atom. The number of hydrogen-bond acceptors (Lipinski definition) is 5. The standard InChI is InChI=1S/C29H38N4O3/c30-16-20-36-21-19-32-29(35)27(22-23-8-2-1-3-9-23)33-28(34)14-7-17-31-18-15-25-12-6-11-24-10-4-5-13-26(24)25/h1-6,8-13,27,31H,7,14-22,30H2,(H,32,35)(H,33,34)/t27-/m0/s1. The molecule has 36 heavy (non-hydrogen) atoms. The summed E-state index contributed by atoms with van der Waals surface area (Å²) in [6.07, 6.45) is 2.43. The Bertz CT molecular complexity index is 1070. The van der Waals surface area contributed by atoms with Gasteiger partial charge in [0, 0.05) is 25.9 Å². The zero-order chi connectivity index (χ0) is 25.4. The van der Waals surface area contributed by atoms with Crippen molar-refractivity contribution in [2.24, 2.45) is 5.73 Å². The van der Waals surface area contributed by atoms with Crippen molar-refractivity contribution < 1.29 is 14.3 Å². The van der Waals surface area contributed by atoms with Gasteiger partial charge in [-0.2, -0.15) is 0 Å². The average molecular weight is 491 g/mol. The Hall–Kier alpha value is -3.26. The van der Waals surface area contributed by atoms with Crippen molar-refractivity contribution in [2.45, 2.75) is 31.7 Å². The fourth-order valence-electron chi connectivity index (χ4n) is 4.11. The molecular formula is C29H38N4O3. The Morgan fingerprint density at radius 1 is 0.861 bits per heavy atom. The lowest BCUT2D eigenvalue weighted by Crippen LogP contribution is -2.48. The SMILES string of the molecule is NCCOCCNC(=O)[C@H](Cc1ccccc1)NC(=O)CCCNCCc1cccc2ccccc12. The van der Waals surface area contributed by atoms with Crippen LogP contribution in [-0.2, 0) is 27.2 Å². The first-order chi connectivity index (χ1) is 17.7. The average Bonchev–Trinajstić information content (AvgIpc) is 2.90. The van der Waals surface area contributed by atoms with Gasteiger partial charge in [-0.05, 0) is 47.8 Å². The minimum Gasteiger partial charge on any atom is -0.378 e. The second-order valence-corrected chi connectivity index (χ2v) is 8.74. The van der Waals surface area contributed by atoms with E-state index < -0.39 is 6.04 Å². The van der Waals surface area contributed by atoms with Crippen LogP contribution in [0.1, 0.15) is 24.0 Å². The lowest BCUT2D eigenvalue weighted by Gasteiger charge is -2.19. The molecule has 2 amide bonds. The topological polar surface area (TPSA) is 105 Å². The third kappa shape index (κ3) is 9.41. The van der Waals surface area contributed by atoms with Crippen molar-refractivity contribution in [2.75, 3.05) is 39.4 Å². The number of amides is 2. The van der Waals surface area contributed by atoms with Crippen LogP contribution in [0.15, 0.2) is 72.8 Å². The van der Waals surface area contributed by atoms with E-state index >= 15 is 0 Å². The monoisotopic (exact) mass is 490 g/mol. The molecule has 7 heteroatoms. The number of nitrogens with one attached hydrogen (secondary N) is 3. The minimum absolute atomic E-state index is 0.124. The van der Waals surface area contributed by atoms with E-state index in [1.54, 1.807) is 0 Å². The molecule has 1 atom stereocenters. The Kier molecular flexibility index (Phi) is 11.9. The summed E-state index contributed by atoms with van der Waals surface area (Å²) in [5.74, 6) is -0.335.